The van der Waals surface area contributed by atoms with E-state index in [0.29, 0.717) is 18.7 Å². The molecule has 3 rings (SSSR count). The first-order valence-corrected chi connectivity index (χ1v) is 11.2. The van der Waals surface area contributed by atoms with Crippen molar-refractivity contribution in [2.75, 3.05) is 13.1 Å². The second-order valence-electron chi connectivity index (χ2n) is 7.55. The van der Waals surface area contributed by atoms with Crippen molar-refractivity contribution in [3.8, 4) is 0 Å². The average molecular weight is 401 g/mol. The van der Waals surface area contributed by atoms with E-state index >= 15 is 0 Å². The lowest BCUT2D eigenvalue weighted by atomic mass is 10.00. The molecule has 1 N–H and O–H groups in total. The molecule has 2 aromatic rings. The minimum Gasteiger partial charge on any atom is -0.346 e. The molecule has 1 fully saturated rings. The molecule has 1 atom stereocenters. The lowest BCUT2D eigenvalue weighted by Gasteiger charge is -2.26. The Bertz CT molecular complexity index is 963. The van der Waals surface area contributed by atoms with E-state index in [1.165, 1.54) is 15.9 Å². The van der Waals surface area contributed by atoms with E-state index in [2.05, 4.69) is 11.4 Å². The SMILES string of the molecule is Cc1ccc([C@H](C)NC(=O)c2cccc(S(=O)(=O)N3CCCCC3)c2)c(C)c1. The topological polar surface area (TPSA) is 66.5 Å². The Labute approximate surface area is 167 Å². The fourth-order valence-electron chi connectivity index (χ4n) is 3.72. The Morgan fingerprint density at radius 3 is 2.43 bits per heavy atom. The molecule has 0 radical (unpaired) electrons. The largest absolute Gasteiger partial charge is 0.346 e. The highest BCUT2D eigenvalue weighted by molar-refractivity contribution is 7.89. The third kappa shape index (κ3) is 4.45. The standard InChI is InChI=1S/C22H28N2O3S/c1-16-10-11-21(17(2)14-16)18(3)23-22(25)19-8-7-9-20(15-19)28(26,27)24-12-5-4-6-13-24/h7-11,14-15,18H,4-6,12-13H2,1-3H3,(H,23,25)/t18-/m0/s1. The second kappa shape index (κ2) is 8.45. The van der Waals surface area contributed by atoms with Gasteiger partial charge in [0.15, 0.2) is 0 Å². The van der Waals surface area contributed by atoms with Gasteiger partial charge < -0.3 is 5.32 Å². The summed E-state index contributed by atoms with van der Waals surface area (Å²) < 4.78 is 27.3. The molecule has 0 aliphatic carbocycles. The number of piperidine rings is 1. The van der Waals surface area contributed by atoms with Gasteiger partial charge in [0.2, 0.25) is 10.0 Å². The molecule has 28 heavy (non-hydrogen) atoms. The van der Waals surface area contributed by atoms with E-state index in [1.54, 1.807) is 18.2 Å². The third-order valence-corrected chi connectivity index (χ3v) is 7.18. The minimum absolute atomic E-state index is 0.171. The van der Waals surface area contributed by atoms with Crippen molar-refractivity contribution in [2.24, 2.45) is 0 Å². The minimum atomic E-state index is -3.56. The van der Waals surface area contributed by atoms with E-state index in [-0.39, 0.29) is 16.8 Å². The maximum absolute atomic E-state index is 12.9. The summed E-state index contributed by atoms with van der Waals surface area (Å²) in [6, 6.07) is 12.3. The fraction of sp³-hybridized carbons (Fsp3) is 0.409. The van der Waals surface area contributed by atoms with Crippen LogP contribution in [0.2, 0.25) is 0 Å². The Hall–Kier alpha value is -2.18. The van der Waals surface area contributed by atoms with Crippen LogP contribution >= 0.6 is 0 Å². The van der Waals surface area contributed by atoms with E-state index in [9.17, 15) is 13.2 Å². The maximum atomic E-state index is 12.9. The Morgan fingerprint density at radius 1 is 1.04 bits per heavy atom. The number of amides is 1. The normalized spacial score (nSPS) is 16.5. The van der Waals surface area contributed by atoms with Gasteiger partial charge in [0.25, 0.3) is 5.91 Å². The molecule has 0 bridgehead atoms. The molecule has 0 spiro atoms. The predicted molar refractivity (Wildman–Crippen MR) is 111 cm³/mol. The van der Waals surface area contributed by atoms with Crippen LogP contribution in [0.15, 0.2) is 47.4 Å². The second-order valence-corrected chi connectivity index (χ2v) is 9.49. The van der Waals surface area contributed by atoms with Gasteiger partial charge in [-0.15, -0.1) is 0 Å². The van der Waals surface area contributed by atoms with Crippen LogP contribution in [0.5, 0.6) is 0 Å². The van der Waals surface area contributed by atoms with Gasteiger partial charge in [0.1, 0.15) is 0 Å². The summed E-state index contributed by atoms with van der Waals surface area (Å²) in [6.45, 7) is 7.08. The average Bonchev–Trinajstić information content (AvgIpc) is 2.68. The summed E-state index contributed by atoms with van der Waals surface area (Å²) in [7, 11) is -3.56. The lowest BCUT2D eigenvalue weighted by molar-refractivity contribution is 0.0939. The number of rotatable bonds is 5. The first-order valence-electron chi connectivity index (χ1n) is 9.77. The summed E-state index contributed by atoms with van der Waals surface area (Å²) in [5, 5.41) is 2.98. The zero-order valence-electron chi connectivity index (χ0n) is 16.7. The third-order valence-electron chi connectivity index (χ3n) is 5.29. The fourth-order valence-corrected chi connectivity index (χ4v) is 5.28. The van der Waals surface area contributed by atoms with Crippen LogP contribution in [0.25, 0.3) is 0 Å². The molecule has 6 heteroatoms. The number of benzene rings is 2. The molecule has 1 amide bonds. The first kappa shape index (κ1) is 20.6. The summed E-state index contributed by atoms with van der Waals surface area (Å²) in [4.78, 5) is 12.9. The molecule has 1 aliphatic rings. The number of hydrogen-bond donors (Lipinski definition) is 1. The molecule has 0 unspecified atom stereocenters. The molecule has 150 valence electrons. The predicted octanol–water partition coefficient (Wildman–Crippen LogP) is 3.97. The number of nitrogens with one attached hydrogen (secondary N) is 1. The van der Waals surface area contributed by atoms with Gasteiger partial charge in [-0.3, -0.25) is 4.79 Å². The maximum Gasteiger partial charge on any atom is 0.251 e. The smallest absolute Gasteiger partial charge is 0.251 e. The highest BCUT2D eigenvalue weighted by Gasteiger charge is 2.26. The molecule has 2 aromatic carbocycles. The van der Waals surface area contributed by atoms with Crippen LogP contribution in [-0.2, 0) is 10.0 Å². The van der Waals surface area contributed by atoms with E-state index in [0.717, 1.165) is 30.4 Å². The molecular weight excluding hydrogens is 372 g/mol. The highest BCUT2D eigenvalue weighted by atomic mass is 32.2. The zero-order valence-corrected chi connectivity index (χ0v) is 17.6. The Morgan fingerprint density at radius 2 is 1.75 bits per heavy atom. The van der Waals surface area contributed by atoms with E-state index in [4.69, 9.17) is 0 Å². The number of nitrogens with zero attached hydrogens (tertiary/aromatic N) is 1. The summed E-state index contributed by atoms with van der Waals surface area (Å²) in [5.74, 6) is -0.275. The molecule has 1 saturated heterocycles. The number of hydrogen-bond acceptors (Lipinski definition) is 3. The summed E-state index contributed by atoms with van der Waals surface area (Å²) in [6.07, 6.45) is 2.82. The number of sulfonamides is 1. The molecule has 5 nitrogen and oxygen atoms in total. The molecule has 0 aromatic heterocycles. The quantitative estimate of drug-likeness (QED) is 0.826. The van der Waals surface area contributed by atoms with Crippen molar-refractivity contribution in [3.63, 3.8) is 0 Å². The zero-order chi connectivity index (χ0) is 20.3. The Kier molecular flexibility index (Phi) is 6.20. The van der Waals surface area contributed by atoms with Gasteiger partial charge in [-0.05, 0) is 62.9 Å². The first-order chi connectivity index (χ1) is 13.3. The van der Waals surface area contributed by atoms with Gasteiger partial charge in [0, 0.05) is 18.7 Å². The highest BCUT2D eigenvalue weighted by Crippen LogP contribution is 2.22. The monoisotopic (exact) mass is 400 g/mol. The van der Waals surface area contributed by atoms with Crippen molar-refractivity contribution in [1.29, 1.82) is 0 Å². The van der Waals surface area contributed by atoms with Crippen LogP contribution in [0.4, 0.5) is 0 Å². The van der Waals surface area contributed by atoms with Crippen molar-refractivity contribution < 1.29 is 13.2 Å². The van der Waals surface area contributed by atoms with Gasteiger partial charge in [-0.1, -0.05) is 36.2 Å². The molecular formula is C22H28N2O3S. The number of aryl methyl sites for hydroxylation is 2. The van der Waals surface area contributed by atoms with E-state index in [1.807, 2.05) is 32.9 Å². The van der Waals surface area contributed by atoms with Crippen molar-refractivity contribution in [2.45, 2.75) is 51.0 Å². The number of carbonyl (C=O) groups excluding carboxylic acids is 1. The molecule has 1 aliphatic heterocycles. The molecule has 0 saturated carbocycles. The van der Waals surface area contributed by atoms with Crippen LogP contribution in [0.1, 0.15) is 59.3 Å². The van der Waals surface area contributed by atoms with E-state index < -0.39 is 10.0 Å². The number of carbonyl (C=O) groups is 1. The van der Waals surface area contributed by atoms with Gasteiger partial charge in [0.05, 0.1) is 10.9 Å². The summed E-state index contributed by atoms with van der Waals surface area (Å²) >= 11 is 0. The van der Waals surface area contributed by atoms with Crippen LogP contribution in [0.3, 0.4) is 0 Å². The Balaban J connectivity index is 1.78. The van der Waals surface area contributed by atoms with Crippen molar-refractivity contribution in [3.05, 3.63) is 64.7 Å². The lowest BCUT2D eigenvalue weighted by Crippen LogP contribution is -2.35. The summed E-state index contributed by atoms with van der Waals surface area (Å²) in [5.41, 5.74) is 3.70. The van der Waals surface area contributed by atoms with Gasteiger partial charge in [-0.2, -0.15) is 4.31 Å². The van der Waals surface area contributed by atoms with Gasteiger partial charge in [-0.25, -0.2) is 8.42 Å². The van der Waals surface area contributed by atoms with Crippen molar-refractivity contribution >= 4 is 15.9 Å². The van der Waals surface area contributed by atoms with Crippen molar-refractivity contribution in [1.82, 2.24) is 9.62 Å². The molecule has 1 heterocycles. The van der Waals surface area contributed by atoms with Crippen LogP contribution in [-0.4, -0.2) is 31.7 Å². The van der Waals surface area contributed by atoms with Crippen LogP contribution in [0, 0.1) is 13.8 Å². The van der Waals surface area contributed by atoms with Crippen LogP contribution < -0.4 is 5.32 Å². The van der Waals surface area contributed by atoms with Gasteiger partial charge >= 0.3 is 0 Å².